The second-order valence-electron chi connectivity index (χ2n) is 3.18. The van der Waals surface area contributed by atoms with Gasteiger partial charge in [-0.25, -0.2) is 0 Å². The maximum absolute atomic E-state index is 10.9. The van der Waals surface area contributed by atoms with Crippen LogP contribution < -0.4 is 0 Å². The highest BCUT2D eigenvalue weighted by molar-refractivity contribution is 6.33. The number of hydrogen-bond acceptors (Lipinski definition) is 2. The largest absolute Gasteiger partial charge is 0.278 e. The highest BCUT2D eigenvalue weighted by atomic mass is 35.5. The molecule has 0 saturated carbocycles. The van der Waals surface area contributed by atoms with Crippen LogP contribution in [0.3, 0.4) is 0 Å². The molecule has 0 aliphatic rings. The first-order valence-electron chi connectivity index (χ1n) is 4.60. The Morgan fingerprint density at radius 3 is 2.50 bits per heavy atom. The van der Waals surface area contributed by atoms with Gasteiger partial charge in [0.25, 0.3) is 5.69 Å². The zero-order chi connectivity index (χ0) is 11.5. The Morgan fingerprint density at radius 2 is 1.88 bits per heavy atom. The first-order chi connectivity index (χ1) is 7.70. The van der Waals surface area contributed by atoms with E-state index in [4.69, 9.17) is 11.6 Å². The number of nitrogens with zero attached hydrogens (tertiary/aromatic N) is 1. The molecule has 2 aromatic carbocycles. The molecule has 0 heterocycles. The predicted octanol–water partition coefficient (Wildman–Crippen LogP) is 3.72. The van der Waals surface area contributed by atoms with Crippen molar-refractivity contribution in [2.24, 2.45) is 0 Å². The molecular formula is C12H7ClNO2. The molecule has 0 aromatic heterocycles. The molecule has 0 bridgehead atoms. The monoisotopic (exact) mass is 232 g/mol. The highest BCUT2D eigenvalue weighted by Gasteiger charge is 2.17. The van der Waals surface area contributed by atoms with E-state index in [9.17, 15) is 10.1 Å². The van der Waals surface area contributed by atoms with Crippen molar-refractivity contribution in [1.82, 2.24) is 0 Å². The zero-order valence-corrected chi connectivity index (χ0v) is 8.94. The maximum atomic E-state index is 10.9. The third-order valence-corrected chi connectivity index (χ3v) is 2.48. The highest BCUT2D eigenvalue weighted by Crippen LogP contribution is 2.35. The standard InChI is InChI=1S/C12H7ClNO2/c13-10-7-4-8-11(14(15)16)12(10)9-5-2-1-3-6-9/h1-6,8H. The molecule has 0 N–H and O–H groups in total. The summed E-state index contributed by atoms with van der Waals surface area (Å²) in [4.78, 5) is 10.4. The van der Waals surface area contributed by atoms with Crippen LogP contribution in [0.25, 0.3) is 11.1 Å². The van der Waals surface area contributed by atoms with E-state index in [0.29, 0.717) is 5.56 Å². The fourth-order valence-corrected chi connectivity index (χ4v) is 1.76. The summed E-state index contributed by atoms with van der Waals surface area (Å²) in [6.45, 7) is 0. The van der Waals surface area contributed by atoms with Crippen LogP contribution in [0.5, 0.6) is 0 Å². The summed E-state index contributed by atoms with van der Waals surface area (Å²) >= 11 is 5.95. The molecule has 3 nitrogen and oxygen atoms in total. The maximum Gasteiger partial charge on any atom is 0.278 e. The molecule has 0 amide bonds. The van der Waals surface area contributed by atoms with Gasteiger partial charge in [0, 0.05) is 12.1 Å². The van der Waals surface area contributed by atoms with Crippen LogP contribution in [0.15, 0.2) is 42.5 Å². The van der Waals surface area contributed by atoms with Gasteiger partial charge in [0.15, 0.2) is 0 Å². The number of nitro benzene ring substituents is 1. The van der Waals surface area contributed by atoms with Crippen LogP contribution in [0.2, 0.25) is 5.02 Å². The molecule has 2 rings (SSSR count). The van der Waals surface area contributed by atoms with Gasteiger partial charge in [-0.3, -0.25) is 10.1 Å². The van der Waals surface area contributed by atoms with E-state index in [-0.39, 0.29) is 10.7 Å². The van der Waals surface area contributed by atoms with Gasteiger partial charge in [0.1, 0.15) is 0 Å². The lowest BCUT2D eigenvalue weighted by Gasteiger charge is -2.04. The summed E-state index contributed by atoms with van der Waals surface area (Å²) in [5.74, 6) is 0. The molecule has 1 radical (unpaired) electrons. The smallest absolute Gasteiger partial charge is 0.258 e. The number of nitro groups is 1. The first kappa shape index (κ1) is 10.6. The lowest BCUT2D eigenvalue weighted by Crippen LogP contribution is -1.92. The third kappa shape index (κ3) is 1.90. The van der Waals surface area contributed by atoms with E-state index >= 15 is 0 Å². The number of benzene rings is 2. The van der Waals surface area contributed by atoms with Crippen molar-refractivity contribution in [3.63, 3.8) is 0 Å². The average Bonchev–Trinajstić information content (AvgIpc) is 2.29. The minimum absolute atomic E-state index is 0.00468. The molecule has 0 fully saturated rings. The molecule has 0 saturated heterocycles. The van der Waals surface area contributed by atoms with Gasteiger partial charge >= 0.3 is 0 Å². The lowest BCUT2D eigenvalue weighted by molar-refractivity contribution is -0.384. The van der Waals surface area contributed by atoms with Crippen molar-refractivity contribution in [3.05, 3.63) is 63.7 Å². The van der Waals surface area contributed by atoms with E-state index in [0.717, 1.165) is 5.56 Å². The summed E-state index contributed by atoms with van der Waals surface area (Å²) in [7, 11) is 0. The minimum Gasteiger partial charge on any atom is -0.258 e. The van der Waals surface area contributed by atoms with Crippen molar-refractivity contribution in [1.29, 1.82) is 0 Å². The summed E-state index contributed by atoms with van der Waals surface area (Å²) < 4.78 is 0. The van der Waals surface area contributed by atoms with E-state index in [1.54, 1.807) is 12.1 Å². The van der Waals surface area contributed by atoms with Gasteiger partial charge in [-0.05, 0) is 11.6 Å². The Bertz CT molecular complexity index is 526. The molecule has 16 heavy (non-hydrogen) atoms. The summed E-state index contributed by atoms with van der Waals surface area (Å²) in [5, 5.41) is 11.1. The minimum atomic E-state index is -0.442. The Labute approximate surface area is 97.4 Å². The quantitative estimate of drug-likeness (QED) is 0.585. The number of halogens is 1. The van der Waals surface area contributed by atoms with Gasteiger partial charge < -0.3 is 0 Å². The van der Waals surface area contributed by atoms with Crippen LogP contribution in [-0.4, -0.2) is 4.92 Å². The second-order valence-corrected chi connectivity index (χ2v) is 3.55. The topological polar surface area (TPSA) is 43.1 Å². The van der Waals surface area contributed by atoms with E-state index in [2.05, 4.69) is 6.07 Å². The van der Waals surface area contributed by atoms with Gasteiger partial charge in [-0.1, -0.05) is 41.9 Å². The van der Waals surface area contributed by atoms with Gasteiger partial charge in [-0.15, -0.1) is 0 Å². The van der Waals surface area contributed by atoms with Crippen LogP contribution >= 0.6 is 11.6 Å². The van der Waals surface area contributed by atoms with E-state index < -0.39 is 4.92 Å². The molecule has 0 unspecified atom stereocenters. The second kappa shape index (κ2) is 4.33. The predicted molar refractivity (Wildman–Crippen MR) is 62.4 cm³/mol. The Morgan fingerprint density at radius 1 is 1.19 bits per heavy atom. The SMILES string of the molecule is O=[N+]([O-])c1cc[c]c(Cl)c1-c1ccccc1. The van der Waals surface area contributed by atoms with E-state index in [1.165, 1.54) is 12.1 Å². The average molecular weight is 233 g/mol. The molecular weight excluding hydrogens is 226 g/mol. The van der Waals surface area contributed by atoms with Crippen molar-refractivity contribution >= 4 is 17.3 Å². The molecule has 0 aliphatic carbocycles. The van der Waals surface area contributed by atoms with Gasteiger partial charge in [0.05, 0.1) is 15.5 Å². The number of hydrogen-bond donors (Lipinski definition) is 0. The normalized spacial score (nSPS) is 10.1. The van der Waals surface area contributed by atoms with Crippen molar-refractivity contribution in [2.45, 2.75) is 0 Å². The Kier molecular flexibility index (Phi) is 2.88. The van der Waals surface area contributed by atoms with Gasteiger partial charge in [-0.2, -0.15) is 0 Å². The number of rotatable bonds is 2. The van der Waals surface area contributed by atoms with Crippen LogP contribution in [0, 0.1) is 16.2 Å². The summed E-state index contributed by atoms with van der Waals surface area (Å²) in [5.41, 5.74) is 1.13. The molecule has 0 spiro atoms. The van der Waals surface area contributed by atoms with E-state index in [1.807, 2.05) is 18.2 Å². The Balaban J connectivity index is 2.68. The Hall–Kier alpha value is -1.87. The lowest BCUT2D eigenvalue weighted by atomic mass is 10.0. The third-order valence-electron chi connectivity index (χ3n) is 2.19. The fraction of sp³-hybridized carbons (Fsp3) is 0. The zero-order valence-electron chi connectivity index (χ0n) is 8.18. The first-order valence-corrected chi connectivity index (χ1v) is 4.98. The van der Waals surface area contributed by atoms with Crippen LogP contribution in [0.1, 0.15) is 0 Å². The fourth-order valence-electron chi connectivity index (χ4n) is 1.49. The molecule has 2 aromatic rings. The van der Waals surface area contributed by atoms with Gasteiger partial charge in [0.2, 0.25) is 0 Å². The van der Waals surface area contributed by atoms with Crippen LogP contribution in [-0.2, 0) is 0 Å². The molecule has 0 atom stereocenters. The molecule has 79 valence electrons. The van der Waals surface area contributed by atoms with Crippen molar-refractivity contribution in [2.75, 3.05) is 0 Å². The van der Waals surface area contributed by atoms with Crippen molar-refractivity contribution in [3.8, 4) is 11.1 Å². The summed E-state index contributed by atoms with van der Waals surface area (Å²) in [6, 6.07) is 14.6. The molecule has 4 heteroatoms. The molecule has 0 aliphatic heterocycles. The van der Waals surface area contributed by atoms with Crippen LogP contribution in [0.4, 0.5) is 5.69 Å². The van der Waals surface area contributed by atoms with Crippen molar-refractivity contribution < 1.29 is 4.92 Å². The summed E-state index contributed by atoms with van der Waals surface area (Å²) in [6.07, 6.45) is 0.